The number of rotatable bonds is 6. The number of benzene rings is 1. The highest BCUT2D eigenvalue weighted by Gasteiger charge is 2.47. The number of nitrogens with zero attached hydrogens (tertiary/aromatic N) is 1. The summed E-state index contributed by atoms with van der Waals surface area (Å²) in [5, 5.41) is 5.83. The quantitative estimate of drug-likeness (QED) is 0.858. The minimum atomic E-state index is -0.233. The zero-order chi connectivity index (χ0) is 16.9. The van der Waals surface area contributed by atoms with Gasteiger partial charge < -0.3 is 10.6 Å². The molecular formula is C19H21N3O2. The Labute approximate surface area is 141 Å². The Hall–Kier alpha value is -2.69. The molecule has 5 nitrogen and oxygen atoms in total. The first-order valence-corrected chi connectivity index (χ1v) is 8.24. The summed E-state index contributed by atoms with van der Waals surface area (Å²) in [5.74, 6) is -0.598. The predicted molar refractivity (Wildman–Crippen MR) is 92.1 cm³/mol. The van der Waals surface area contributed by atoms with Gasteiger partial charge >= 0.3 is 0 Å². The van der Waals surface area contributed by atoms with Gasteiger partial charge in [-0.15, -0.1) is 0 Å². The van der Waals surface area contributed by atoms with Crippen molar-refractivity contribution in [1.29, 1.82) is 0 Å². The SMILES string of the molecule is CCc1ccccc1NC(=O)C1CC1C(=O)NCc1cccnc1. The zero-order valence-electron chi connectivity index (χ0n) is 13.7. The lowest BCUT2D eigenvalue weighted by atomic mass is 10.1. The van der Waals surface area contributed by atoms with Crippen LogP contribution in [0.5, 0.6) is 0 Å². The molecule has 5 heteroatoms. The van der Waals surface area contributed by atoms with Crippen molar-refractivity contribution in [3.63, 3.8) is 0 Å². The van der Waals surface area contributed by atoms with Crippen molar-refractivity contribution in [2.24, 2.45) is 11.8 Å². The van der Waals surface area contributed by atoms with Crippen LogP contribution in [0.15, 0.2) is 48.8 Å². The standard InChI is InChI=1S/C19H21N3O2/c1-2-14-7-3-4-8-17(14)22-19(24)16-10-15(16)18(23)21-12-13-6-5-9-20-11-13/h3-9,11,15-16H,2,10,12H2,1H3,(H,21,23)(H,22,24). The maximum absolute atomic E-state index is 12.3. The van der Waals surface area contributed by atoms with E-state index in [0.717, 1.165) is 23.2 Å². The van der Waals surface area contributed by atoms with E-state index in [1.807, 2.05) is 36.4 Å². The fourth-order valence-corrected chi connectivity index (χ4v) is 2.77. The van der Waals surface area contributed by atoms with E-state index in [-0.39, 0.29) is 23.7 Å². The van der Waals surface area contributed by atoms with Gasteiger partial charge in [-0.05, 0) is 36.1 Å². The van der Waals surface area contributed by atoms with E-state index < -0.39 is 0 Å². The third kappa shape index (κ3) is 3.79. The van der Waals surface area contributed by atoms with Crippen LogP contribution in [0, 0.1) is 11.8 Å². The molecule has 0 saturated heterocycles. The molecule has 3 rings (SSSR count). The molecule has 0 radical (unpaired) electrons. The summed E-state index contributed by atoms with van der Waals surface area (Å²) in [7, 11) is 0. The number of amides is 2. The highest BCUT2D eigenvalue weighted by Crippen LogP contribution is 2.39. The molecule has 1 saturated carbocycles. The Morgan fingerprint density at radius 1 is 1.12 bits per heavy atom. The lowest BCUT2D eigenvalue weighted by Gasteiger charge is -2.09. The number of hydrogen-bond donors (Lipinski definition) is 2. The van der Waals surface area contributed by atoms with Gasteiger partial charge in [0.1, 0.15) is 0 Å². The smallest absolute Gasteiger partial charge is 0.228 e. The highest BCUT2D eigenvalue weighted by atomic mass is 16.2. The Balaban J connectivity index is 1.51. The maximum atomic E-state index is 12.3. The number of pyridine rings is 1. The number of anilines is 1. The number of aromatic nitrogens is 1. The molecule has 1 aromatic heterocycles. The van der Waals surface area contributed by atoms with Gasteiger partial charge in [0, 0.05) is 24.6 Å². The van der Waals surface area contributed by atoms with E-state index in [2.05, 4.69) is 22.5 Å². The van der Waals surface area contributed by atoms with Crippen LogP contribution >= 0.6 is 0 Å². The van der Waals surface area contributed by atoms with Gasteiger partial charge in [-0.3, -0.25) is 14.6 Å². The van der Waals surface area contributed by atoms with Gasteiger partial charge in [0.05, 0.1) is 11.8 Å². The normalized spacial score (nSPS) is 18.7. The van der Waals surface area contributed by atoms with Crippen molar-refractivity contribution in [3.05, 3.63) is 59.9 Å². The second kappa shape index (κ2) is 7.25. The third-order valence-corrected chi connectivity index (χ3v) is 4.31. The molecule has 1 fully saturated rings. The number of nitrogens with one attached hydrogen (secondary N) is 2. The van der Waals surface area contributed by atoms with Gasteiger partial charge in [0.25, 0.3) is 0 Å². The summed E-state index contributed by atoms with van der Waals surface area (Å²) in [6.07, 6.45) is 4.88. The summed E-state index contributed by atoms with van der Waals surface area (Å²) in [6.45, 7) is 2.49. The van der Waals surface area contributed by atoms with Crippen LogP contribution in [0.25, 0.3) is 0 Å². The lowest BCUT2D eigenvalue weighted by molar-refractivity contribution is -0.125. The Bertz CT molecular complexity index is 730. The predicted octanol–water partition coefficient (Wildman–Crippen LogP) is 2.54. The average molecular weight is 323 g/mol. The van der Waals surface area contributed by atoms with E-state index in [0.29, 0.717) is 13.0 Å². The fraction of sp³-hybridized carbons (Fsp3) is 0.316. The minimum absolute atomic E-state index is 0.0669. The molecular weight excluding hydrogens is 302 g/mol. The van der Waals surface area contributed by atoms with E-state index in [9.17, 15) is 9.59 Å². The number of hydrogen-bond acceptors (Lipinski definition) is 3. The van der Waals surface area contributed by atoms with Crippen molar-refractivity contribution < 1.29 is 9.59 Å². The van der Waals surface area contributed by atoms with Crippen LogP contribution < -0.4 is 10.6 Å². The first-order chi connectivity index (χ1) is 11.7. The molecule has 124 valence electrons. The average Bonchev–Trinajstić information content (AvgIpc) is 3.42. The second-order valence-electron chi connectivity index (χ2n) is 6.03. The van der Waals surface area contributed by atoms with Crippen molar-refractivity contribution in [2.75, 3.05) is 5.32 Å². The molecule has 0 bridgehead atoms. The van der Waals surface area contributed by atoms with Gasteiger partial charge in [0.15, 0.2) is 0 Å². The van der Waals surface area contributed by atoms with Gasteiger partial charge in [-0.2, -0.15) is 0 Å². The third-order valence-electron chi connectivity index (χ3n) is 4.31. The summed E-state index contributed by atoms with van der Waals surface area (Å²) in [4.78, 5) is 28.5. The van der Waals surface area contributed by atoms with Crippen LogP contribution in [0.3, 0.4) is 0 Å². The van der Waals surface area contributed by atoms with Crippen LogP contribution in [-0.2, 0) is 22.6 Å². The molecule has 1 aromatic carbocycles. The van der Waals surface area contributed by atoms with E-state index in [1.165, 1.54) is 0 Å². The van der Waals surface area contributed by atoms with E-state index >= 15 is 0 Å². The maximum Gasteiger partial charge on any atom is 0.228 e. The summed E-state index contributed by atoms with van der Waals surface area (Å²) < 4.78 is 0. The number of carbonyl (C=O) groups excluding carboxylic acids is 2. The molecule has 0 spiro atoms. The Kier molecular flexibility index (Phi) is 4.89. The summed E-state index contributed by atoms with van der Waals surface area (Å²) in [6, 6.07) is 11.5. The van der Waals surface area contributed by atoms with E-state index in [4.69, 9.17) is 0 Å². The highest BCUT2D eigenvalue weighted by molar-refractivity contribution is 5.99. The molecule has 2 atom stereocenters. The number of para-hydroxylation sites is 1. The number of carbonyl (C=O) groups is 2. The van der Waals surface area contributed by atoms with Gasteiger partial charge in [0.2, 0.25) is 11.8 Å². The van der Waals surface area contributed by atoms with E-state index in [1.54, 1.807) is 12.4 Å². The summed E-state index contributed by atoms with van der Waals surface area (Å²) >= 11 is 0. The molecule has 0 aliphatic heterocycles. The first kappa shape index (κ1) is 16.2. The zero-order valence-corrected chi connectivity index (χ0v) is 13.7. The Morgan fingerprint density at radius 3 is 2.67 bits per heavy atom. The van der Waals surface area contributed by atoms with Crippen molar-refractivity contribution in [2.45, 2.75) is 26.3 Å². The molecule has 1 aliphatic rings. The second-order valence-corrected chi connectivity index (χ2v) is 6.03. The van der Waals surface area contributed by atoms with Crippen molar-refractivity contribution >= 4 is 17.5 Å². The fourth-order valence-electron chi connectivity index (χ4n) is 2.77. The van der Waals surface area contributed by atoms with Crippen LogP contribution in [0.4, 0.5) is 5.69 Å². The van der Waals surface area contributed by atoms with Crippen LogP contribution in [0.1, 0.15) is 24.5 Å². The molecule has 1 heterocycles. The van der Waals surface area contributed by atoms with Crippen LogP contribution in [0.2, 0.25) is 0 Å². The first-order valence-electron chi connectivity index (χ1n) is 8.24. The van der Waals surface area contributed by atoms with Crippen molar-refractivity contribution in [3.8, 4) is 0 Å². The molecule has 1 aliphatic carbocycles. The Morgan fingerprint density at radius 2 is 1.92 bits per heavy atom. The molecule has 2 aromatic rings. The topological polar surface area (TPSA) is 71.1 Å². The number of aryl methyl sites for hydroxylation is 1. The molecule has 2 N–H and O–H groups in total. The lowest BCUT2D eigenvalue weighted by Crippen LogP contribution is -2.27. The van der Waals surface area contributed by atoms with Gasteiger partial charge in [-0.25, -0.2) is 0 Å². The molecule has 2 amide bonds. The van der Waals surface area contributed by atoms with Crippen molar-refractivity contribution in [1.82, 2.24) is 10.3 Å². The largest absolute Gasteiger partial charge is 0.352 e. The van der Waals surface area contributed by atoms with Gasteiger partial charge in [-0.1, -0.05) is 31.2 Å². The molecule has 2 unspecified atom stereocenters. The molecule has 24 heavy (non-hydrogen) atoms. The van der Waals surface area contributed by atoms with Crippen LogP contribution in [-0.4, -0.2) is 16.8 Å². The minimum Gasteiger partial charge on any atom is -0.352 e. The monoisotopic (exact) mass is 323 g/mol. The summed E-state index contributed by atoms with van der Waals surface area (Å²) in [5.41, 5.74) is 2.89.